The molecule has 108 valence electrons. The topological polar surface area (TPSA) is 30.5 Å². The van der Waals surface area contributed by atoms with Gasteiger partial charge in [0.1, 0.15) is 5.75 Å². The number of benzene rings is 1. The predicted molar refractivity (Wildman–Crippen MR) is 80.1 cm³/mol. The normalized spacial score (nSPS) is 12.4. The highest BCUT2D eigenvalue weighted by Gasteiger charge is 2.12. The monoisotopic (exact) mass is 285 g/mol. The van der Waals surface area contributed by atoms with Crippen LogP contribution in [-0.4, -0.2) is 26.9 Å². The van der Waals surface area contributed by atoms with Crippen LogP contribution >= 0.6 is 11.6 Å². The summed E-state index contributed by atoms with van der Waals surface area (Å²) in [6.45, 7) is 6.72. The lowest BCUT2D eigenvalue weighted by atomic mass is 10.0. The highest BCUT2D eigenvalue weighted by Crippen LogP contribution is 2.28. The molecule has 0 radical (unpaired) electrons. The van der Waals surface area contributed by atoms with Gasteiger partial charge in [-0.1, -0.05) is 31.5 Å². The van der Waals surface area contributed by atoms with Gasteiger partial charge in [0.15, 0.2) is 0 Å². The fourth-order valence-electron chi connectivity index (χ4n) is 1.97. The minimum Gasteiger partial charge on any atom is -0.495 e. The van der Waals surface area contributed by atoms with E-state index in [1.54, 1.807) is 7.11 Å². The van der Waals surface area contributed by atoms with Gasteiger partial charge in [0, 0.05) is 19.3 Å². The summed E-state index contributed by atoms with van der Waals surface area (Å²) in [5.41, 5.74) is 1.18. The highest BCUT2D eigenvalue weighted by molar-refractivity contribution is 6.32. The second kappa shape index (κ2) is 9.18. The smallest absolute Gasteiger partial charge is 0.137 e. The lowest BCUT2D eigenvalue weighted by molar-refractivity contribution is 0.124. The first-order valence-corrected chi connectivity index (χ1v) is 7.25. The van der Waals surface area contributed by atoms with Gasteiger partial charge in [-0.2, -0.15) is 0 Å². The zero-order chi connectivity index (χ0) is 14.1. The van der Waals surface area contributed by atoms with Crippen molar-refractivity contribution in [2.75, 3.05) is 26.9 Å². The average molecular weight is 286 g/mol. The van der Waals surface area contributed by atoms with E-state index in [0.717, 1.165) is 38.3 Å². The Hall–Kier alpha value is -0.770. The van der Waals surface area contributed by atoms with Crippen molar-refractivity contribution in [3.8, 4) is 5.75 Å². The number of ether oxygens (including phenoxy) is 2. The Morgan fingerprint density at radius 1 is 1.26 bits per heavy atom. The van der Waals surface area contributed by atoms with Crippen LogP contribution in [0.2, 0.25) is 5.02 Å². The first kappa shape index (κ1) is 16.3. The molecule has 19 heavy (non-hydrogen) atoms. The van der Waals surface area contributed by atoms with Crippen LogP contribution in [0.3, 0.4) is 0 Å². The van der Waals surface area contributed by atoms with E-state index in [1.807, 2.05) is 18.2 Å². The number of hydrogen-bond acceptors (Lipinski definition) is 3. The van der Waals surface area contributed by atoms with E-state index in [2.05, 4.69) is 19.2 Å². The molecule has 1 aromatic rings. The van der Waals surface area contributed by atoms with Gasteiger partial charge >= 0.3 is 0 Å². The van der Waals surface area contributed by atoms with Crippen molar-refractivity contribution in [1.82, 2.24) is 5.32 Å². The molecule has 0 aliphatic heterocycles. The molecule has 0 spiro atoms. The first-order chi connectivity index (χ1) is 9.22. The van der Waals surface area contributed by atoms with Crippen molar-refractivity contribution in [2.45, 2.75) is 32.7 Å². The van der Waals surface area contributed by atoms with Crippen molar-refractivity contribution >= 4 is 11.6 Å². The summed E-state index contributed by atoms with van der Waals surface area (Å²) in [6.07, 6.45) is 2.00. The molecular formula is C15H24ClNO2. The van der Waals surface area contributed by atoms with Crippen molar-refractivity contribution in [3.05, 3.63) is 28.8 Å². The van der Waals surface area contributed by atoms with E-state index in [9.17, 15) is 0 Å². The molecule has 0 heterocycles. The third-order valence-electron chi connectivity index (χ3n) is 2.93. The van der Waals surface area contributed by atoms with E-state index in [4.69, 9.17) is 21.1 Å². The number of nitrogens with one attached hydrogen (secondary N) is 1. The Balaban J connectivity index is 2.68. The molecule has 0 aliphatic rings. The van der Waals surface area contributed by atoms with Gasteiger partial charge in [-0.3, -0.25) is 0 Å². The third-order valence-corrected chi connectivity index (χ3v) is 3.24. The number of methoxy groups -OCH3 is 1. The van der Waals surface area contributed by atoms with E-state index in [1.165, 1.54) is 5.56 Å². The van der Waals surface area contributed by atoms with Gasteiger partial charge in [-0.25, -0.2) is 0 Å². The van der Waals surface area contributed by atoms with Crippen LogP contribution in [-0.2, 0) is 4.74 Å². The maximum atomic E-state index is 6.05. The summed E-state index contributed by atoms with van der Waals surface area (Å²) in [5, 5.41) is 4.11. The Labute approximate surface area is 121 Å². The van der Waals surface area contributed by atoms with E-state index in [0.29, 0.717) is 5.02 Å². The summed E-state index contributed by atoms with van der Waals surface area (Å²) in [6, 6.07) is 6.19. The van der Waals surface area contributed by atoms with Crippen LogP contribution in [0.1, 0.15) is 38.3 Å². The molecule has 1 unspecified atom stereocenters. The van der Waals surface area contributed by atoms with Crippen molar-refractivity contribution in [3.63, 3.8) is 0 Å². The van der Waals surface area contributed by atoms with Crippen LogP contribution in [0, 0.1) is 0 Å². The standard InChI is InChI=1S/C15H24ClNO2/c1-4-9-19-10-8-14(17-5-2)12-6-7-13(16)15(11-12)18-3/h6-7,11,14,17H,4-5,8-10H2,1-3H3. The fraction of sp³-hybridized carbons (Fsp3) is 0.600. The van der Waals surface area contributed by atoms with E-state index < -0.39 is 0 Å². The molecule has 0 aromatic heterocycles. The molecule has 0 amide bonds. The number of halogens is 1. The summed E-state index contributed by atoms with van der Waals surface area (Å²) in [5.74, 6) is 0.719. The minimum atomic E-state index is 0.271. The molecule has 0 saturated carbocycles. The Bertz CT molecular complexity index is 371. The third kappa shape index (κ3) is 5.39. The number of hydrogen-bond donors (Lipinski definition) is 1. The molecule has 1 atom stereocenters. The first-order valence-electron chi connectivity index (χ1n) is 6.87. The Morgan fingerprint density at radius 3 is 2.68 bits per heavy atom. The molecule has 0 bridgehead atoms. The van der Waals surface area contributed by atoms with Crippen LogP contribution < -0.4 is 10.1 Å². The largest absolute Gasteiger partial charge is 0.495 e. The van der Waals surface area contributed by atoms with Gasteiger partial charge in [-0.05, 0) is 37.1 Å². The number of rotatable bonds is 9. The molecule has 0 fully saturated rings. The maximum Gasteiger partial charge on any atom is 0.137 e. The zero-order valence-electron chi connectivity index (χ0n) is 12.0. The summed E-state index contributed by atoms with van der Waals surface area (Å²) in [7, 11) is 1.64. The fourth-order valence-corrected chi connectivity index (χ4v) is 2.17. The van der Waals surface area contributed by atoms with Crippen molar-refractivity contribution in [1.29, 1.82) is 0 Å². The zero-order valence-corrected chi connectivity index (χ0v) is 12.8. The molecule has 3 nitrogen and oxygen atoms in total. The summed E-state index contributed by atoms with van der Waals surface area (Å²) >= 11 is 6.05. The molecular weight excluding hydrogens is 262 g/mol. The summed E-state index contributed by atoms with van der Waals surface area (Å²) in [4.78, 5) is 0. The maximum absolute atomic E-state index is 6.05. The van der Waals surface area contributed by atoms with Crippen LogP contribution in [0.4, 0.5) is 0 Å². The van der Waals surface area contributed by atoms with Gasteiger partial charge < -0.3 is 14.8 Å². The molecule has 1 aromatic carbocycles. The Morgan fingerprint density at radius 2 is 2.05 bits per heavy atom. The van der Waals surface area contributed by atoms with Crippen molar-refractivity contribution < 1.29 is 9.47 Å². The molecule has 1 N–H and O–H groups in total. The van der Waals surface area contributed by atoms with Crippen molar-refractivity contribution in [2.24, 2.45) is 0 Å². The van der Waals surface area contributed by atoms with Gasteiger partial charge in [0.05, 0.1) is 12.1 Å². The Kier molecular flexibility index (Phi) is 7.87. The highest BCUT2D eigenvalue weighted by atomic mass is 35.5. The lowest BCUT2D eigenvalue weighted by Crippen LogP contribution is -2.22. The minimum absolute atomic E-state index is 0.271. The van der Waals surface area contributed by atoms with Gasteiger partial charge in [0.2, 0.25) is 0 Å². The van der Waals surface area contributed by atoms with Crippen LogP contribution in [0.25, 0.3) is 0 Å². The van der Waals surface area contributed by atoms with Crippen LogP contribution in [0.15, 0.2) is 18.2 Å². The second-order valence-corrected chi connectivity index (χ2v) is 4.81. The lowest BCUT2D eigenvalue weighted by Gasteiger charge is -2.19. The second-order valence-electron chi connectivity index (χ2n) is 4.41. The van der Waals surface area contributed by atoms with E-state index in [-0.39, 0.29) is 6.04 Å². The predicted octanol–water partition coefficient (Wildman–Crippen LogP) is 3.82. The average Bonchev–Trinajstić information content (AvgIpc) is 2.43. The molecule has 4 heteroatoms. The van der Waals surface area contributed by atoms with Crippen LogP contribution in [0.5, 0.6) is 5.75 Å². The molecule has 0 aliphatic carbocycles. The molecule has 0 saturated heterocycles. The van der Waals surface area contributed by atoms with Gasteiger partial charge in [0.25, 0.3) is 0 Å². The molecule has 1 rings (SSSR count). The quantitative estimate of drug-likeness (QED) is 0.700. The van der Waals surface area contributed by atoms with Gasteiger partial charge in [-0.15, -0.1) is 0 Å². The summed E-state index contributed by atoms with van der Waals surface area (Å²) < 4.78 is 10.8. The van der Waals surface area contributed by atoms with E-state index >= 15 is 0 Å². The SMILES string of the molecule is CCCOCCC(NCC)c1ccc(Cl)c(OC)c1.